The van der Waals surface area contributed by atoms with Crippen molar-refractivity contribution in [3.8, 4) is 112 Å². The monoisotopic (exact) mass is 1250 g/mol. The maximum absolute atomic E-state index is 4.72. The molecular weight excluding hydrogens is 1170 g/mol. The third-order valence-electron chi connectivity index (χ3n) is 16.6. The Balaban J connectivity index is 0.000000131. The normalized spacial score (nSPS) is 10.9. The molecule has 472 valence electrons. The van der Waals surface area contributed by atoms with E-state index in [4.69, 9.17) is 4.98 Å². The number of hydrogen-bond donors (Lipinski definition) is 0. The molecule has 0 aliphatic carbocycles. The average Bonchev–Trinajstić information content (AvgIpc) is 0.882. The van der Waals surface area contributed by atoms with Crippen molar-refractivity contribution in [1.82, 2.24) is 39.9 Å². The molecule has 14 rings (SSSR count). The summed E-state index contributed by atoms with van der Waals surface area (Å²) in [7, 11) is 0. The van der Waals surface area contributed by atoms with Gasteiger partial charge in [-0.05, 0) is 156 Å². The van der Waals surface area contributed by atoms with Gasteiger partial charge >= 0.3 is 0 Å². The Labute approximate surface area is 566 Å². The van der Waals surface area contributed by atoms with Gasteiger partial charge in [0, 0.05) is 64.8 Å². The highest BCUT2D eigenvalue weighted by molar-refractivity contribution is 5.78. The molecule has 0 fully saturated rings. The zero-order valence-corrected chi connectivity index (χ0v) is 55.9. The van der Waals surface area contributed by atoms with Crippen molar-refractivity contribution in [2.24, 2.45) is 0 Å². The molecule has 0 aliphatic rings. The maximum atomic E-state index is 4.72. The van der Waals surface area contributed by atoms with Gasteiger partial charge in [0.1, 0.15) is 12.2 Å². The summed E-state index contributed by atoms with van der Waals surface area (Å²) < 4.78 is 0. The second-order valence-corrected chi connectivity index (χ2v) is 24.9. The third-order valence-corrected chi connectivity index (χ3v) is 16.6. The smallest absolute Gasteiger partial charge is 0.163 e. The van der Waals surface area contributed by atoms with E-state index in [-0.39, 0.29) is 0 Å². The molecule has 0 saturated heterocycles. The van der Waals surface area contributed by atoms with Gasteiger partial charge in [-0.25, -0.2) is 24.9 Å². The van der Waals surface area contributed by atoms with E-state index in [0.717, 1.165) is 51.2 Å². The summed E-state index contributed by atoms with van der Waals surface area (Å²) in [6.45, 7) is 17.4. The molecular formula is C88H80N8. The van der Waals surface area contributed by atoms with E-state index < -0.39 is 0 Å². The van der Waals surface area contributed by atoms with E-state index in [2.05, 4.69) is 309 Å². The highest BCUT2D eigenvalue weighted by Gasteiger charge is 2.14. The Morgan fingerprint density at radius 3 is 1.00 bits per heavy atom. The first-order valence-corrected chi connectivity index (χ1v) is 33.0. The Morgan fingerprint density at radius 2 is 0.583 bits per heavy atom. The van der Waals surface area contributed by atoms with Crippen molar-refractivity contribution in [3.05, 3.63) is 339 Å². The first-order valence-electron chi connectivity index (χ1n) is 33.0. The van der Waals surface area contributed by atoms with Crippen molar-refractivity contribution in [2.75, 3.05) is 0 Å². The number of benzene rings is 9. The summed E-state index contributed by atoms with van der Waals surface area (Å²) in [5.74, 6) is 3.92. The van der Waals surface area contributed by atoms with Gasteiger partial charge in [0.25, 0.3) is 0 Å². The van der Waals surface area contributed by atoms with Crippen molar-refractivity contribution in [2.45, 2.75) is 79.1 Å². The molecule has 0 spiro atoms. The van der Waals surface area contributed by atoms with Gasteiger partial charge in [0.2, 0.25) is 0 Å². The van der Waals surface area contributed by atoms with Gasteiger partial charge in [-0.2, -0.15) is 0 Å². The lowest BCUT2D eigenvalue weighted by molar-refractivity contribution is 0.762. The van der Waals surface area contributed by atoms with E-state index in [1.165, 1.54) is 83.5 Å². The summed E-state index contributed by atoms with van der Waals surface area (Å²) in [6, 6.07) is 97.4. The first kappa shape index (κ1) is 66.0. The van der Waals surface area contributed by atoms with Crippen LogP contribution in [0.2, 0.25) is 0 Å². The van der Waals surface area contributed by atoms with Crippen LogP contribution in [0.5, 0.6) is 0 Å². The highest BCUT2D eigenvalue weighted by atomic mass is 15.0. The molecule has 0 amide bonds. The number of nitrogens with zero attached hydrogens (tertiary/aromatic N) is 8. The molecule has 0 atom stereocenters. The molecule has 9 aromatic carbocycles. The molecule has 0 bridgehead atoms. The minimum absolute atomic E-state index is 0.301. The molecule has 5 aromatic heterocycles. The fourth-order valence-corrected chi connectivity index (χ4v) is 11.0. The number of pyridine rings is 3. The van der Waals surface area contributed by atoms with Crippen LogP contribution in [-0.2, 0) is 0 Å². The summed E-state index contributed by atoms with van der Waals surface area (Å²) in [5, 5.41) is 0. The number of rotatable bonds is 14. The van der Waals surface area contributed by atoms with Crippen LogP contribution in [0.3, 0.4) is 0 Å². The zero-order chi connectivity index (χ0) is 66.6. The van der Waals surface area contributed by atoms with Gasteiger partial charge in [-0.1, -0.05) is 274 Å². The Bertz CT molecular complexity index is 4450. The molecule has 0 unspecified atom stereocenters. The number of hydrogen-bond acceptors (Lipinski definition) is 8. The Morgan fingerprint density at radius 1 is 0.219 bits per heavy atom. The van der Waals surface area contributed by atoms with E-state index in [1.54, 1.807) is 18.7 Å². The molecule has 0 N–H and O–H groups in total. The fraction of sp³-hybridized carbons (Fsp3) is 0.136. The molecule has 96 heavy (non-hydrogen) atoms. The highest BCUT2D eigenvalue weighted by Crippen LogP contribution is 2.35. The standard InChI is InChI=1S/2C26H23N.2C18H17N3/c1-19(2)23-16-24(18-25(17-23)26-10-6-7-15-27-26)22-13-11-21(12-14-22)20-8-4-3-5-9-20;1-19(2)24-16-25(18-26(17-24)23-12-14-27-15-13-23)22-10-8-21(9-11-22)20-6-4-3-5-7-20;1-13(2)16-12-17(14-6-4-3-5-7-14)21-18(20-16)15-8-10-19-11-9-15;1-13(2)17-19-12-20-18(21-17)16-10-8-15(9-11-16)14-6-4-3-5-7-14/h2*3-19H,1-2H3;2*3-13H,1-2H3. The van der Waals surface area contributed by atoms with Crippen LogP contribution in [0.1, 0.15) is 102 Å². The SMILES string of the molecule is CC(C)c1cc(-c2ccc(-c3ccccc3)cc2)cc(-c2ccccn2)c1.CC(C)c1cc(-c2ccccc2)nc(-c2ccncc2)n1.CC(C)c1cc(-c2ccncc2)cc(-c2ccc(-c3ccccc3)cc2)c1.CC(C)c1ncnc(-c2ccc(-c3ccccc3)cc2)n1. The molecule has 14 aromatic rings. The zero-order valence-electron chi connectivity index (χ0n) is 55.9. The van der Waals surface area contributed by atoms with Crippen LogP contribution in [0.15, 0.2) is 316 Å². The average molecular weight is 1250 g/mol. The lowest BCUT2D eigenvalue weighted by Crippen LogP contribution is -2.00. The van der Waals surface area contributed by atoms with Crippen LogP contribution in [-0.4, -0.2) is 39.9 Å². The summed E-state index contributed by atoms with van der Waals surface area (Å²) in [5.41, 5.74) is 24.8. The molecule has 0 saturated carbocycles. The van der Waals surface area contributed by atoms with Crippen LogP contribution in [0, 0.1) is 0 Å². The summed E-state index contributed by atoms with van der Waals surface area (Å²) >= 11 is 0. The van der Waals surface area contributed by atoms with Crippen LogP contribution < -0.4 is 0 Å². The second kappa shape index (κ2) is 32.4. The summed E-state index contributed by atoms with van der Waals surface area (Å²) in [4.78, 5) is 35.1. The van der Waals surface area contributed by atoms with Crippen molar-refractivity contribution in [1.29, 1.82) is 0 Å². The molecule has 8 nitrogen and oxygen atoms in total. The quantitative estimate of drug-likeness (QED) is 0.106. The predicted octanol–water partition coefficient (Wildman–Crippen LogP) is 23.1. The maximum Gasteiger partial charge on any atom is 0.163 e. The third kappa shape index (κ3) is 17.6. The molecule has 5 heterocycles. The van der Waals surface area contributed by atoms with Crippen LogP contribution in [0.25, 0.3) is 112 Å². The minimum Gasteiger partial charge on any atom is -0.265 e. The fourth-order valence-electron chi connectivity index (χ4n) is 11.0. The van der Waals surface area contributed by atoms with E-state index >= 15 is 0 Å². The van der Waals surface area contributed by atoms with Crippen molar-refractivity contribution in [3.63, 3.8) is 0 Å². The van der Waals surface area contributed by atoms with Gasteiger partial charge in [-0.3, -0.25) is 15.0 Å². The minimum atomic E-state index is 0.301. The van der Waals surface area contributed by atoms with E-state index in [1.807, 2.05) is 79.3 Å². The van der Waals surface area contributed by atoms with Gasteiger partial charge in [-0.15, -0.1) is 0 Å². The Kier molecular flexibility index (Phi) is 22.3. The summed E-state index contributed by atoms with van der Waals surface area (Å²) in [6.07, 6.45) is 10.7. The largest absolute Gasteiger partial charge is 0.265 e. The molecule has 8 heteroatoms. The predicted molar refractivity (Wildman–Crippen MR) is 399 cm³/mol. The van der Waals surface area contributed by atoms with Crippen molar-refractivity contribution < 1.29 is 0 Å². The second-order valence-electron chi connectivity index (χ2n) is 24.9. The molecule has 0 aliphatic heterocycles. The van der Waals surface area contributed by atoms with Crippen molar-refractivity contribution >= 4 is 0 Å². The Hall–Kier alpha value is -11.5. The van der Waals surface area contributed by atoms with Gasteiger partial charge in [0.15, 0.2) is 11.6 Å². The van der Waals surface area contributed by atoms with Crippen LogP contribution >= 0.6 is 0 Å². The topological polar surface area (TPSA) is 103 Å². The van der Waals surface area contributed by atoms with E-state index in [9.17, 15) is 0 Å². The van der Waals surface area contributed by atoms with E-state index in [0.29, 0.717) is 23.7 Å². The first-order chi connectivity index (χ1) is 46.9. The molecule has 0 radical (unpaired) electrons. The van der Waals surface area contributed by atoms with Crippen LogP contribution in [0.4, 0.5) is 0 Å². The van der Waals surface area contributed by atoms with Gasteiger partial charge in [0.05, 0.1) is 11.4 Å². The lowest BCUT2D eigenvalue weighted by Gasteiger charge is -2.13. The lowest BCUT2D eigenvalue weighted by atomic mass is 9.92. The number of aromatic nitrogens is 8. The van der Waals surface area contributed by atoms with Gasteiger partial charge < -0.3 is 0 Å².